The van der Waals surface area contributed by atoms with E-state index in [2.05, 4.69) is 15.3 Å². The summed E-state index contributed by atoms with van der Waals surface area (Å²) in [5.41, 5.74) is 3.88. The molecule has 4 heteroatoms. The van der Waals surface area contributed by atoms with Crippen LogP contribution in [0.4, 0.5) is 5.69 Å². The van der Waals surface area contributed by atoms with E-state index in [1.165, 1.54) is 0 Å². The number of carbonyl (C=O) groups is 1. The Morgan fingerprint density at radius 3 is 2.71 bits per heavy atom. The summed E-state index contributed by atoms with van der Waals surface area (Å²) >= 11 is 0. The minimum atomic E-state index is 0.00440. The molecule has 0 radical (unpaired) electrons. The van der Waals surface area contributed by atoms with Crippen LogP contribution < -0.4 is 5.32 Å². The van der Waals surface area contributed by atoms with E-state index in [9.17, 15) is 4.79 Å². The van der Waals surface area contributed by atoms with Crippen molar-refractivity contribution in [3.63, 3.8) is 0 Å². The molecule has 0 bridgehead atoms. The van der Waals surface area contributed by atoms with Gasteiger partial charge in [0.05, 0.1) is 11.0 Å². The number of aromatic amines is 1. The Kier molecular flexibility index (Phi) is 3.69. The number of carbonyl (C=O) groups excluding carboxylic acids is 1. The van der Waals surface area contributed by atoms with Crippen molar-refractivity contribution in [1.29, 1.82) is 0 Å². The molecule has 1 aromatic heterocycles. The van der Waals surface area contributed by atoms with Crippen molar-refractivity contribution in [2.75, 3.05) is 5.32 Å². The van der Waals surface area contributed by atoms with Gasteiger partial charge in [-0.25, -0.2) is 4.98 Å². The molecule has 3 aromatic rings. The maximum absolute atomic E-state index is 12.0. The Bertz CT molecular complexity index is 743. The molecule has 0 aliphatic carbocycles. The normalized spacial score (nSPS) is 10.7. The highest BCUT2D eigenvalue weighted by molar-refractivity contribution is 5.91. The fraction of sp³-hybridized carbons (Fsp3) is 0.176. The van der Waals surface area contributed by atoms with Gasteiger partial charge in [0.2, 0.25) is 5.91 Å². The average molecular weight is 279 g/mol. The first kappa shape index (κ1) is 13.4. The van der Waals surface area contributed by atoms with Gasteiger partial charge in [0.15, 0.2) is 0 Å². The zero-order chi connectivity index (χ0) is 14.7. The molecule has 0 aliphatic rings. The van der Waals surface area contributed by atoms with E-state index in [0.717, 1.165) is 28.1 Å². The molecule has 0 aliphatic heterocycles. The third kappa shape index (κ3) is 3.11. The number of nitrogens with one attached hydrogen (secondary N) is 2. The molecule has 1 amide bonds. The topological polar surface area (TPSA) is 57.8 Å². The summed E-state index contributed by atoms with van der Waals surface area (Å²) in [4.78, 5) is 19.7. The Hall–Kier alpha value is -2.62. The maximum Gasteiger partial charge on any atom is 0.224 e. The number of nitrogens with zero attached hydrogens (tertiary/aromatic N) is 1. The molecule has 0 saturated carbocycles. The number of aromatic nitrogens is 2. The van der Waals surface area contributed by atoms with E-state index in [1.807, 2.05) is 55.5 Å². The van der Waals surface area contributed by atoms with Gasteiger partial charge in [-0.1, -0.05) is 30.3 Å². The van der Waals surface area contributed by atoms with Gasteiger partial charge in [0.25, 0.3) is 0 Å². The molecule has 0 atom stereocenters. The van der Waals surface area contributed by atoms with Gasteiger partial charge in [-0.15, -0.1) is 0 Å². The fourth-order valence-electron chi connectivity index (χ4n) is 2.28. The predicted octanol–water partition coefficient (Wildman–Crippen LogP) is 3.44. The fourth-order valence-corrected chi connectivity index (χ4v) is 2.28. The van der Waals surface area contributed by atoms with Crippen molar-refractivity contribution in [2.24, 2.45) is 0 Å². The first-order valence-corrected chi connectivity index (χ1v) is 7.01. The highest BCUT2D eigenvalue weighted by Crippen LogP contribution is 2.14. The summed E-state index contributed by atoms with van der Waals surface area (Å²) in [5.74, 6) is 0.848. The van der Waals surface area contributed by atoms with Gasteiger partial charge >= 0.3 is 0 Å². The standard InChI is InChI=1S/C17H17N3O/c1-12-6-2-3-7-13(12)20-17(21)11-10-16-18-14-8-4-5-9-15(14)19-16/h2-9H,10-11H2,1H3,(H,18,19)(H,20,21). The summed E-state index contributed by atoms with van der Waals surface area (Å²) < 4.78 is 0. The number of hydrogen-bond acceptors (Lipinski definition) is 2. The summed E-state index contributed by atoms with van der Waals surface area (Å²) in [5, 5.41) is 2.93. The molecule has 4 nitrogen and oxygen atoms in total. The van der Waals surface area contributed by atoms with Crippen LogP contribution in [0.3, 0.4) is 0 Å². The number of benzene rings is 2. The van der Waals surface area contributed by atoms with E-state index in [4.69, 9.17) is 0 Å². The molecule has 2 aromatic carbocycles. The van der Waals surface area contributed by atoms with E-state index in [0.29, 0.717) is 12.8 Å². The molecule has 0 spiro atoms. The summed E-state index contributed by atoms with van der Waals surface area (Å²) in [7, 11) is 0. The minimum Gasteiger partial charge on any atom is -0.342 e. The summed E-state index contributed by atoms with van der Waals surface area (Å²) in [6, 6.07) is 15.6. The number of hydrogen-bond donors (Lipinski definition) is 2. The van der Waals surface area contributed by atoms with Crippen LogP contribution in [0.15, 0.2) is 48.5 Å². The van der Waals surface area contributed by atoms with Crippen LogP contribution in [0.2, 0.25) is 0 Å². The highest BCUT2D eigenvalue weighted by atomic mass is 16.1. The van der Waals surface area contributed by atoms with Crippen LogP contribution in [-0.2, 0) is 11.2 Å². The van der Waals surface area contributed by atoms with E-state index in [1.54, 1.807) is 0 Å². The quantitative estimate of drug-likeness (QED) is 0.768. The Morgan fingerprint density at radius 1 is 1.14 bits per heavy atom. The number of fused-ring (bicyclic) bond motifs is 1. The van der Waals surface area contributed by atoms with Crippen LogP contribution >= 0.6 is 0 Å². The first-order valence-electron chi connectivity index (χ1n) is 7.01. The zero-order valence-electron chi connectivity index (χ0n) is 11.9. The van der Waals surface area contributed by atoms with Crippen LogP contribution in [-0.4, -0.2) is 15.9 Å². The Balaban J connectivity index is 1.62. The van der Waals surface area contributed by atoms with Crippen molar-refractivity contribution in [2.45, 2.75) is 19.8 Å². The van der Waals surface area contributed by atoms with Crippen LogP contribution in [0.25, 0.3) is 11.0 Å². The van der Waals surface area contributed by atoms with Gasteiger partial charge in [-0.2, -0.15) is 0 Å². The lowest BCUT2D eigenvalue weighted by atomic mass is 10.2. The average Bonchev–Trinajstić information content (AvgIpc) is 2.90. The van der Waals surface area contributed by atoms with Crippen molar-refractivity contribution in [1.82, 2.24) is 9.97 Å². The molecular formula is C17H17N3O. The lowest BCUT2D eigenvalue weighted by Gasteiger charge is -2.07. The van der Waals surface area contributed by atoms with Crippen molar-refractivity contribution in [3.05, 3.63) is 59.9 Å². The summed E-state index contributed by atoms with van der Waals surface area (Å²) in [6.07, 6.45) is 1.01. The number of amides is 1. The summed E-state index contributed by atoms with van der Waals surface area (Å²) in [6.45, 7) is 1.98. The molecule has 1 heterocycles. The second-order valence-electron chi connectivity index (χ2n) is 5.06. The molecule has 106 valence electrons. The predicted molar refractivity (Wildman–Crippen MR) is 84.2 cm³/mol. The molecule has 21 heavy (non-hydrogen) atoms. The van der Waals surface area contributed by atoms with Gasteiger partial charge in [-0.05, 0) is 30.7 Å². The number of aryl methyl sites for hydroxylation is 2. The lowest BCUT2D eigenvalue weighted by Crippen LogP contribution is -2.13. The number of imidazole rings is 1. The second-order valence-corrected chi connectivity index (χ2v) is 5.06. The van der Waals surface area contributed by atoms with Crippen LogP contribution in [0.1, 0.15) is 17.8 Å². The van der Waals surface area contributed by atoms with Gasteiger partial charge in [0, 0.05) is 18.5 Å². The number of anilines is 1. The molecule has 0 unspecified atom stereocenters. The minimum absolute atomic E-state index is 0.00440. The Labute approximate surface area is 123 Å². The van der Waals surface area contributed by atoms with Crippen molar-refractivity contribution >= 4 is 22.6 Å². The molecular weight excluding hydrogens is 262 g/mol. The zero-order valence-corrected chi connectivity index (χ0v) is 11.9. The largest absolute Gasteiger partial charge is 0.342 e. The lowest BCUT2D eigenvalue weighted by molar-refractivity contribution is -0.116. The molecule has 0 fully saturated rings. The van der Waals surface area contributed by atoms with E-state index >= 15 is 0 Å². The number of rotatable bonds is 4. The highest BCUT2D eigenvalue weighted by Gasteiger charge is 2.07. The smallest absolute Gasteiger partial charge is 0.224 e. The molecule has 0 saturated heterocycles. The molecule has 3 rings (SSSR count). The number of para-hydroxylation sites is 3. The van der Waals surface area contributed by atoms with Crippen molar-refractivity contribution in [3.8, 4) is 0 Å². The van der Waals surface area contributed by atoms with E-state index in [-0.39, 0.29) is 5.91 Å². The first-order chi connectivity index (χ1) is 10.2. The Morgan fingerprint density at radius 2 is 1.90 bits per heavy atom. The number of H-pyrrole nitrogens is 1. The van der Waals surface area contributed by atoms with Gasteiger partial charge in [0.1, 0.15) is 5.82 Å². The van der Waals surface area contributed by atoms with Crippen molar-refractivity contribution < 1.29 is 4.79 Å². The van der Waals surface area contributed by atoms with E-state index < -0.39 is 0 Å². The maximum atomic E-state index is 12.0. The molecule has 2 N–H and O–H groups in total. The SMILES string of the molecule is Cc1ccccc1NC(=O)CCc1nc2ccccc2[nH]1. The monoisotopic (exact) mass is 279 g/mol. The second kappa shape index (κ2) is 5.79. The van der Waals surface area contributed by atoms with Gasteiger partial charge < -0.3 is 10.3 Å². The third-order valence-corrected chi connectivity index (χ3v) is 3.45. The van der Waals surface area contributed by atoms with Crippen LogP contribution in [0, 0.1) is 6.92 Å². The van der Waals surface area contributed by atoms with Crippen LogP contribution in [0.5, 0.6) is 0 Å². The van der Waals surface area contributed by atoms with Gasteiger partial charge in [-0.3, -0.25) is 4.79 Å². The third-order valence-electron chi connectivity index (χ3n) is 3.45.